The van der Waals surface area contributed by atoms with E-state index in [1.165, 1.54) is 13.2 Å². The van der Waals surface area contributed by atoms with Crippen LogP contribution >= 0.6 is 0 Å². The summed E-state index contributed by atoms with van der Waals surface area (Å²) in [7, 11) is 1.25. The molecule has 0 saturated carbocycles. The monoisotopic (exact) mass is 201 g/mol. The summed E-state index contributed by atoms with van der Waals surface area (Å²) in [5.74, 6) is -1.25. The molecule has 1 aromatic carbocycles. The minimum absolute atomic E-state index is 0.223. The summed E-state index contributed by atoms with van der Waals surface area (Å²) in [6.07, 6.45) is 0. The number of benzene rings is 1. The van der Waals surface area contributed by atoms with Crippen LogP contribution in [0, 0.1) is 5.82 Å². The Kier molecular flexibility index (Phi) is 3.27. The number of phenols is 1. The molecule has 0 spiro atoms. The number of ether oxygens (including phenoxy) is 1. The highest BCUT2D eigenvalue weighted by atomic mass is 19.1. The normalized spacial score (nSPS) is 12.6. The second-order valence-corrected chi connectivity index (χ2v) is 2.84. The third kappa shape index (κ3) is 1.94. The number of aliphatic hydroxyl groups is 1. The van der Waals surface area contributed by atoms with Gasteiger partial charge in [0.1, 0.15) is 0 Å². The van der Waals surface area contributed by atoms with Gasteiger partial charge in [0.25, 0.3) is 0 Å². The number of hydrogen-bond donors (Lipinski definition) is 3. The second-order valence-electron chi connectivity index (χ2n) is 2.84. The molecule has 78 valence electrons. The maximum absolute atomic E-state index is 13.2. The zero-order valence-electron chi connectivity index (χ0n) is 7.70. The molecular weight excluding hydrogens is 189 g/mol. The first-order valence-electron chi connectivity index (χ1n) is 4.03. The average molecular weight is 201 g/mol. The van der Waals surface area contributed by atoms with Crippen molar-refractivity contribution in [3.63, 3.8) is 0 Å². The van der Waals surface area contributed by atoms with E-state index in [-0.39, 0.29) is 18.1 Å². The molecule has 1 rings (SSSR count). The number of phenolic OH excluding ortho intramolecular Hbond substituents is 1. The Balaban J connectivity index is 3.13. The third-order valence-electron chi connectivity index (χ3n) is 1.88. The van der Waals surface area contributed by atoms with Crippen molar-refractivity contribution in [2.75, 3.05) is 13.7 Å². The summed E-state index contributed by atoms with van der Waals surface area (Å²) in [6.45, 7) is -0.314. The summed E-state index contributed by atoms with van der Waals surface area (Å²) in [6, 6.07) is 1.68. The number of halogens is 1. The molecule has 0 aliphatic carbocycles. The highest BCUT2D eigenvalue weighted by molar-refractivity contribution is 5.43. The maximum atomic E-state index is 13.2. The molecule has 0 amide bonds. The van der Waals surface area contributed by atoms with Crippen LogP contribution in [0.3, 0.4) is 0 Å². The number of aromatic hydroxyl groups is 1. The van der Waals surface area contributed by atoms with Gasteiger partial charge in [-0.15, -0.1) is 0 Å². The molecule has 0 radical (unpaired) electrons. The van der Waals surface area contributed by atoms with Gasteiger partial charge in [-0.2, -0.15) is 0 Å². The van der Waals surface area contributed by atoms with Gasteiger partial charge < -0.3 is 20.7 Å². The Hall–Kier alpha value is -1.33. The van der Waals surface area contributed by atoms with Crippen molar-refractivity contribution < 1.29 is 19.3 Å². The molecule has 0 aliphatic rings. The minimum Gasteiger partial charge on any atom is -0.504 e. The lowest BCUT2D eigenvalue weighted by Crippen LogP contribution is -2.14. The molecule has 0 fully saturated rings. The lowest BCUT2D eigenvalue weighted by Gasteiger charge is -2.11. The summed E-state index contributed by atoms with van der Waals surface area (Å²) >= 11 is 0. The van der Waals surface area contributed by atoms with Crippen molar-refractivity contribution in [3.8, 4) is 11.5 Å². The van der Waals surface area contributed by atoms with Gasteiger partial charge in [-0.3, -0.25) is 0 Å². The van der Waals surface area contributed by atoms with E-state index in [4.69, 9.17) is 10.8 Å². The molecule has 1 unspecified atom stereocenters. The largest absolute Gasteiger partial charge is 0.504 e. The van der Waals surface area contributed by atoms with Crippen LogP contribution in [0.5, 0.6) is 11.5 Å². The fraction of sp³-hybridized carbons (Fsp3) is 0.333. The molecule has 0 saturated heterocycles. The zero-order valence-corrected chi connectivity index (χ0v) is 7.70. The van der Waals surface area contributed by atoms with E-state index in [1.807, 2.05) is 0 Å². The lowest BCUT2D eigenvalue weighted by molar-refractivity contribution is 0.267. The van der Waals surface area contributed by atoms with Gasteiger partial charge in [0.2, 0.25) is 0 Å². The number of aliphatic hydroxyl groups excluding tert-OH is 1. The Morgan fingerprint density at radius 3 is 2.64 bits per heavy atom. The van der Waals surface area contributed by atoms with Gasteiger partial charge in [-0.25, -0.2) is 4.39 Å². The fourth-order valence-corrected chi connectivity index (χ4v) is 1.12. The summed E-state index contributed by atoms with van der Waals surface area (Å²) in [5.41, 5.74) is 5.78. The Morgan fingerprint density at radius 2 is 2.21 bits per heavy atom. The number of nitrogens with two attached hydrogens (primary N) is 1. The first-order valence-corrected chi connectivity index (χ1v) is 4.03. The van der Waals surface area contributed by atoms with Crippen LogP contribution in [0.2, 0.25) is 0 Å². The average Bonchev–Trinajstić information content (AvgIpc) is 2.16. The van der Waals surface area contributed by atoms with Gasteiger partial charge in [-0.05, 0) is 17.7 Å². The van der Waals surface area contributed by atoms with E-state index in [0.29, 0.717) is 5.56 Å². The van der Waals surface area contributed by atoms with E-state index in [0.717, 1.165) is 6.07 Å². The van der Waals surface area contributed by atoms with Crippen molar-refractivity contribution in [3.05, 3.63) is 23.5 Å². The lowest BCUT2D eigenvalue weighted by atomic mass is 10.1. The topological polar surface area (TPSA) is 75.7 Å². The molecule has 14 heavy (non-hydrogen) atoms. The molecule has 4 N–H and O–H groups in total. The Bertz CT molecular complexity index is 307. The van der Waals surface area contributed by atoms with Gasteiger partial charge in [0.15, 0.2) is 17.3 Å². The van der Waals surface area contributed by atoms with E-state index in [9.17, 15) is 9.50 Å². The standard InChI is InChI=1S/C9H12FNO3/c1-14-9-6(10)2-5(3-8(9)13)7(11)4-12/h2-3,7,12-13H,4,11H2,1H3. The van der Waals surface area contributed by atoms with Crippen LogP contribution in [0.4, 0.5) is 4.39 Å². The molecule has 0 aromatic heterocycles. The van der Waals surface area contributed by atoms with E-state index >= 15 is 0 Å². The Morgan fingerprint density at radius 1 is 1.57 bits per heavy atom. The van der Waals surface area contributed by atoms with Gasteiger partial charge in [0.05, 0.1) is 19.8 Å². The number of methoxy groups -OCH3 is 1. The molecule has 0 aliphatic heterocycles. The van der Waals surface area contributed by atoms with Crippen molar-refractivity contribution in [1.82, 2.24) is 0 Å². The molecule has 0 heterocycles. The van der Waals surface area contributed by atoms with Gasteiger partial charge >= 0.3 is 0 Å². The summed E-state index contributed by atoms with van der Waals surface area (Å²) in [4.78, 5) is 0. The molecule has 1 aromatic rings. The molecular formula is C9H12FNO3. The van der Waals surface area contributed by atoms with Crippen LogP contribution in [-0.2, 0) is 0 Å². The van der Waals surface area contributed by atoms with Gasteiger partial charge in [-0.1, -0.05) is 0 Å². The van der Waals surface area contributed by atoms with E-state index in [2.05, 4.69) is 4.74 Å². The van der Waals surface area contributed by atoms with Crippen LogP contribution < -0.4 is 10.5 Å². The van der Waals surface area contributed by atoms with Crippen molar-refractivity contribution in [2.24, 2.45) is 5.73 Å². The molecule has 4 nitrogen and oxygen atoms in total. The van der Waals surface area contributed by atoms with Crippen molar-refractivity contribution in [2.45, 2.75) is 6.04 Å². The smallest absolute Gasteiger partial charge is 0.196 e. The highest BCUT2D eigenvalue weighted by Crippen LogP contribution is 2.31. The predicted octanol–water partition coefficient (Wildman–Crippen LogP) is 0.532. The van der Waals surface area contributed by atoms with Gasteiger partial charge in [0, 0.05) is 0 Å². The summed E-state index contributed by atoms with van der Waals surface area (Å²) < 4.78 is 17.8. The molecule has 0 bridgehead atoms. The molecule has 1 atom stereocenters. The predicted molar refractivity (Wildman–Crippen MR) is 48.6 cm³/mol. The van der Waals surface area contributed by atoms with Crippen LogP contribution in [-0.4, -0.2) is 23.9 Å². The van der Waals surface area contributed by atoms with Crippen LogP contribution in [0.15, 0.2) is 12.1 Å². The minimum atomic E-state index is -0.707. The zero-order chi connectivity index (χ0) is 10.7. The molecule has 5 heteroatoms. The van der Waals surface area contributed by atoms with Crippen LogP contribution in [0.1, 0.15) is 11.6 Å². The quantitative estimate of drug-likeness (QED) is 0.666. The third-order valence-corrected chi connectivity index (χ3v) is 1.88. The maximum Gasteiger partial charge on any atom is 0.196 e. The second kappa shape index (κ2) is 4.26. The van der Waals surface area contributed by atoms with Crippen molar-refractivity contribution in [1.29, 1.82) is 0 Å². The highest BCUT2D eigenvalue weighted by Gasteiger charge is 2.13. The number of rotatable bonds is 3. The van der Waals surface area contributed by atoms with Crippen LogP contribution in [0.25, 0.3) is 0 Å². The fourth-order valence-electron chi connectivity index (χ4n) is 1.12. The first kappa shape index (κ1) is 10.7. The van der Waals surface area contributed by atoms with Crippen molar-refractivity contribution >= 4 is 0 Å². The Labute approximate surface area is 80.7 Å². The SMILES string of the molecule is COc1c(O)cc(C(N)CO)cc1F. The van der Waals surface area contributed by atoms with E-state index in [1.54, 1.807) is 0 Å². The summed E-state index contributed by atoms with van der Waals surface area (Å²) in [5, 5.41) is 18.1. The number of hydrogen-bond acceptors (Lipinski definition) is 4. The first-order chi connectivity index (χ1) is 6.60. The van der Waals surface area contributed by atoms with E-state index < -0.39 is 11.9 Å².